The van der Waals surface area contributed by atoms with E-state index in [0.29, 0.717) is 23.0 Å². The minimum atomic E-state index is -0.164. The van der Waals surface area contributed by atoms with Gasteiger partial charge in [-0.2, -0.15) is 0 Å². The van der Waals surface area contributed by atoms with E-state index in [9.17, 15) is 4.79 Å². The number of H-pyrrole nitrogens is 2. The summed E-state index contributed by atoms with van der Waals surface area (Å²) < 4.78 is 11.2. The molecular formula is C14H17N3O3S. The molecule has 0 spiro atoms. The summed E-state index contributed by atoms with van der Waals surface area (Å²) in [6.07, 6.45) is 1.00. The highest BCUT2D eigenvalue weighted by Crippen LogP contribution is 2.16. The number of benzene rings is 1. The molecule has 0 aliphatic carbocycles. The van der Waals surface area contributed by atoms with E-state index in [-0.39, 0.29) is 12.5 Å². The van der Waals surface area contributed by atoms with Crippen LogP contribution in [-0.2, 0) is 14.3 Å². The van der Waals surface area contributed by atoms with Crippen LogP contribution in [0, 0.1) is 10.7 Å². The fourth-order valence-electron chi connectivity index (χ4n) is 2.34. The largest absolute Gasteiger partial charge is 0.381 e. The van der Waals surface area contributed by atoms with E-state index in [2.05, 4.69) is 15.3 Å². The SMILES string of the molecule is O=C(COC[C@@H]1CCOC1)Nc1ccc2[nH]c(=S)[nH]c2c1. The molecule has 0 radical (unpaired) electrons. The lowest BCUT2D eigenvalue weighted by atomic mass is 10.1. The molecule has 1 aliphatic heterocycles. The van der Waals surface area contributed by atoms with Crippen molar-refractivity contribution in [1.29, 1.82) is 0 Å². The number of hydrogen-bond donors (Lipinski definition) is 3. The van der Waals surface area contributed by atoms with Crippen LogP contribution < -0.4 is 5.32 Å². The maximum Gasteiger partial charge on any atom is 0.250 e. The second-order valence-electron chi connectivity index (χ2n) is 5.13. The van der Waals surface area contributed by atoms with Crippen molar-refractivity contribution in [2.24, 2.45) is 5.92 Å². The van der Waals surface area contributed by atoms with Crippen molar-refractivity contribution in [2.45, 2.75) is 6.42 Å². The molecular weight excluding hydrogens is 290 g/mol. The number of anilines is 1. The predicted molar refractivity (Wildman–Crippen MR) is 81.9 cm³/mol. The number of fused-ring (bicyclic) bond motifs is 1. The van der Waals surface area contributed by atoms with Gasteiger partial charge in [-0.15, -0.1) is 0 Å². The summed E-state index contributed by atoms with van der Waals surface area (Å²) in [5, 5.41) is 2.81. The van der Waals surface area contributed by atoms with Gasteiger partial charge in [-0.25, -0.2) is 0 Å². The quantitative estimate of drug-likeness (QED) is 0.740. The van der Waals surface area contributed by atoms with E-state index < -0.39 is 0 Å². The molecule has 7 heteroatoms. The molecule has 2 heterocycles. The number of carbonyl (C=O) groups is 1. The summed E-state index contributed by atoms with van der Waals surface area (Å²) in [6, 6.07) is 5.53. The Morgan fingerprint density at radius 1 is 1.43 bits per heavy atom. The first kappa shape index (κ1) is 14.2. The molecule has 21 heavy (non-hydrogen) atoms. The fraction of sp³-hybridized carbons (Fsp3) is 0.429. The van der Waals surface area contributed by atoms with Crippen LogP contribution in [-0.4, -0.2) is 42.3 Å². The highest BCUT2D eigenvalue weighted by molar-refractivity contribution is 7.71. The van der Waals surface area contributed by atoms with Crippen molar-refractivity contribution in [3.05, 3.63) is 23.0 Å². The van der Waals surface area contributed by atoms with Crippen LogP contribution in [0.25, 0.3) is 11.0 Å². The minimum Gasteiger partial charge on any atom is -0.381 e. The molecule has 112 valence electrons. The van der Waals surface area contributed by atoms with Crippen molar-refractivity contribution in [3.8, 4) is 0 Å². The number of nitrogens with one attached hydrogen (secondary N) is 3. The van der Waals surface area contributed by atoms with Gasteiger partial charge in [0.15, 0.2) is 4.77 Å². The average molecular weight is 307 g/mol. The molecule has 0 unspecified atom stereocenters. The molecule has 1 aliphatic rings. The molecule has 0 saturated carbocycles. The maximum atomic E-state index is 11.8. The molecule has 1 amide bonds. The maximum absolute atomic E-state index is 11.8. The minimum absolute atomic E-state index is 0.0532. The molecule has 0 bridgehead atoms. The van der Waals surface area contributed by atoms with Crippen LogP contribution in [0.2, 0.25) is 0 Å². The highest BCUT2D eigenvalue weighted by atomic mass is 32.1. The summed E-state index contributed by atoms with van der Waals surface area (Å²) in [5.41, 5.74) is 2.49. The second kappa shape index (κ2) is 6.38. The zero-order valence-corrected chi connectivity index (χ0v) is 12.3. The Bertz CT molecular complexity index is 688. The van der Waals surface area contributed by atoms with Crippen molar-refractivity contribution < 1.29 is 14.3 Å². The van der Waals surface area contributed by atoms with E-state index in [1.807, 2.05) is 18.2 Å². The molecule has 1 aromatic carbocycles. The third-order valence-corrected chi connectivity index (χ3v) is 3.61. The van der Waals surface area contributed by atoms with Crippen molar-refractivity contribution in [2.75, 3.05) is 31.7 Å². The summed E-state index contributed by atoms with van der Waals surface area (Å²) in [5.74, 6) is 0.247. The average Bonchev–Trinajstić information content (AvgIpc) is 3.06. The van der Waals surface area contributed by atoms with Gasteiger partial charge in [-0.3, -0.25) is 4.79 Å². The van der Waals surface area contributed by atoms with Crippen LogP contribution >= 0.6 is 12.2 Å². The highest BCUT2D eigenvalue weighted by Gasteiger charge is 2.16. The lowest BCUT2D eigenvalue weighted by Gasteiger charge is -2.09. The van der Waals surface area contributed by atoms with Gasteiger partial charge in [-0.1, -0.05) is 0 Å². The van der Waals surface area contributed by atoms with Gasteiger partial charge >= 0.3 is 0 Å². The van der Waals surface area contributed by atoms with Gasteiger partial charge in [0, 0.05) is 18.2 Å². The molecule has 6 nitrogen and oxygen atoms in total. The Labute approximate surface area is 126 Å². The summed E-state index contributed by atoms with van der Waals surface area (Å²) in [6.45, 7) is 2.14. The van der Waals surface area contributed by atoms with Crippen LogP contribution in [0.15, 0.2) is 18.2 Å². The predicted octanol–water partition coefficient (Wildman–Crippen LogP) is 2.22. The van der Waals surface area contributed by atoms with Crippen LogP contribution in [0.1, 0.15) is 6.42 Å². The molecule has 1 saturated heterocycles. The Balaban J connectivity index is 1.51. The normalized spacial score (nSPS) is 18.2. The Hall–Kier alpha value is -1.70. The summed E-state index contributed by atoms with van der Waals surface area (Å²) in [4.78, 5) is 17.9. The number of ether oxygens (including phenoxy) is 2. The molecule has 1 aromatic heterocycles. The van der Waals surface area contributed by atoms with Crippen molar-refractivity contribution in [1.82, 2.24) is 9.97 Å². The van der Waals surface area contributed by atoms with E-state index in [4.69, 9.17) is 21.7 Å². The Morgan fingerprint density at radius 2 is 2.29 bits per heavy atom. The van der Waals surface area contributed by atoms with Gasteiger partial charge in [0.25, 0.3) is 0 Å². The summed E-state index contributed by atoms with van der Waals surface area (Å²) in [7, 11) is 0. The van der Waals surface area contributed by atoms with Gasteiger partial charge in [0.1, 0.15) is 6.61 Å². The molecule has 3 N–H and O–H groups in total. The number of aromatic nitrogens is 2. The zero-order valence-electron chi connectivity index (χ0n) is 11.5. The fourth-order valence-corrected chi connectivity index (χ4v) is 2.56. The monoisotopic (exact) mass is 307 g/mol. The van der Waals surface area contributed by atoms with Gasteiger partial charge in [0.05, 0.1) is 24.2 Å². The second-order valence-corrected chi connectivity index (χ2v) is 5.54. The lowest BCUT2D eigenvalue weighted by Crippen LogP contribution is -2.20. The zero-order chi connectivity index (χ0) is 14.7. The first-order valence-electron chi connectivity index (χ1n) is 6.88. The number of aromatic amines is 2. The molecule has 1 fully saturated rings. The van der Waals surface area contributed by atoms with Crippen LogP contribution in [0.5, 0.6) is 0 Å². The summed E-state index contributed by atoms with van der Waals surface area (Å²) >= 11 is 5.03. The van der Waals surface area contributed by atoms with Crippen LogP contribution in [0.3, 0.4) is 0 Å². The van der Waals surface area contributed by atoms with Gasteiger partial charge in [-0.05, 0) is 36.8 Å². The van der Waals surface area contributed by atoms with Crippen LogP contribution in [0.4, 0.5) is 5.69 Å². The van der Waals surface area contributed by atoms with Gasteiger partial charge < -0.3 is 24.8 Å². The third kappa shape index (κ3) is 3.69. The van der Waals surface area contributed by atoms with Crippen molar-refractivity contribution in [3.63, 3.8) is 0 Å². The van der Waals surface area contributed by atoms with E-state index in [1.165, 1.54) is 0 Å². The van der Waals surface area contributed by atoms with Gasteiger partial charge in [0.2, 0.25) is 5.91 Å². The number of imidazole rings is 1. The van der Waals surface area contributed by atoms with E-state index >= 15 is 0 Å². The smallest absolute Gasteiger partial charge is 0.250 e. The van der Waals surface area contributed by atoms with E-state index in [0.717, 1.165) is 30.7 Å². The molecule has 3 rings (SSSR count). The first-order valence-corrected chi connectivity index (χ1v) is 7.29. The lowest BCUT2D eigenvalue weighted by molar-refractivity contribution is -0.121. The first-order chi connectivity index (χ1) is 10.2. The third-order valence-electron chi connectivity index (χ3n) is 3.41. The molecule has 2 aromatic rings. The van der Waals surface area contributed by atoms with Crippen molar-refractivity contribution >= 4 is 34.8 Å². The molecule has 1 atom stereocenters. The Morgan fingerprint density at radius 3 is 3.10 bits per heavy atom. The topological polar surface area (TPSA) is 79.1 Å². The number of rotatable bonds is 5. The number of hydrogen-bond acceptors (Lipinski definition) is 4. The van der Waals surface area contributed by atoms with E-state index in [1.54, 1.807) is 0 Å². The Kier molecular flexibility index (Phi) is 4.33. The number of carbonyl (C=O) groups excluding carboxylic acids is 1. The standard InChI is InChI=1S/C14H17N3O3S/c18-13(8-20-7-9-3-4-19-6-9)15-10-1-2-11-12(5-10)17-14(21)16-11/h1-2,5,9H,3-4,6-8H2,(H,15,18)(H2,16,17,21)/t9-/m1/s1. The number of amides is 1.